The molecule has 4 nitrogen and oxygen atoms in total. The highest BCUT2D eigenvalue weighted by Crippen LogP contribution is 2.12. The largest absolute Gasteiger partial charge is 0.369 e. The number of anilines is 1. The lowest BCUT2D eigenvalue weighted by Gasteiger charge is -2.15. The molecule has 0 aliphatic rings. The molecule has 1 rings (SSSR count). The van der Waals surface area contributed by atoms with Crippen molar-refractivity contribution in [3.63, 3.8) is 0 Å². The van der Waals surface area contributed by atoms with E-state index in [-0.39, 0.29) is 11.9 Å². The second kappa shape index (κ2) is 9.64. The van der Waals surface area contributed by atoms with Crippen molar-refractivity contribution in [3.8, 4) is 0 Å². The summed E-state index contributed by atoms with van der Waals surface area (Å²) >= 11 is 1.90. The Morgan fingerprint density at radius 2 is 2.25 bits per heavy atom. The molecular weight excluding hydrogens is 270 g/mol. The Bertz CT molecular complexity index is 412. The number of amides is 1. The van der Waals surface area contributed by atoms with Crippen LogP contribution < -0.4 is 10.6 Å². The van der Waals surface area contributed by atoms with Gasteiger partial charge in [0.1, 0.15) is 5.82 Å². The Balaban J connectivity index is 2.57. The molecule has 0 spiro atoms. The zero-order chi connectivity index (χ0) is 14.8. The van der Waals surface area contributed by atoms with Crippen LogP contribution in [0, 0.1) is 0 Å². The Morgan fingerprint density at radius 1 is 1.45 bits per heavy atom. The molecule has 1 atom stereocenters. The van der Waals surface area contributed by atoms with Crippen LogP contribution in [0.5, 0.6) is 0 Å². The van der Waals surface area contributed by atoms with Crippen molar-refractivity contribution in [2.45, 2.75) is 39.7 Å². The molecule has 20 heavy (non-hydrogen) atoms. The van der Waals surface area contributed by atoms with Crippen molar-refractivity contribution in [2.24, 2.45) is 0 Å². The van der Waals surface area contributed by atoms with Crippen molar-refractivity contribution in [1.82, 2.24) is 10.3 Å². The Labute approximate surface area is 126 Å². The fourth-order valence-corrected chi connectivity index (χ4v) is 2.56. The zero-order valence-electron chi connectivity index (χ0n) is 12.6. The monoisotopic (exact) mass is 295 g/mol. The van der Waals surface area contributed by atoms with E-state index in [4.69, 9.17) is 0 Å². The van der Waals surface area contributed by atoms with Crippen LogP contribution in [0.2, 0.25) is 0 Å². The van der Waals surface area contributed by atoms with Crippen LogP contribution in [0.1, 0.15) is 44.0 Å². The summed E-state index contributed by atoms with van der Waals surface area (Å²) in [6, 6.07) is 3.79. The normalized spacial score (nSPS) is 11.9. The minimum absolute atomic E-state index is 0.0503. The van der Waals surface area contributed by atoms with Gasteiger partial charge in [-0.1, -0.05) is 13.8 Å². The lowest BCUT2D eigenvalue weighted by molar-refractivity contribution is 0.0940. The molecule has 1 aromatic heterocycles. The third-order valence-corrected chi connectivity index (χ3v) is 3.80. The summed E-state index contributed by atoms with van der Waals surface area (Å²) in [5.74, 6) is 2.81. The quantitative estimate of drug-likeness (QED) is 0.687. The summed E-state index contributed by atoms with van der Waals surface area (Å²) in [5.41, 5.74) is 0.621. The van der Waals surface area contributed by atoms with E-state index in [0.717, 1.165) is 30.9 Å². The summed E-state index contributed by atoms with van der Waals surface area (Å²) in [4.78, 5) is 16.5. The van der Waals surface area contributed by atoms with Crippen molar-refractivity contribution < 1.29 is 4.79 Å². The molecule has 0 aromatic carbocycles. The minimum atomic E-state index is -0.0503. The van der Waals surface area contributed by atoms with Gasteiger partial charge in [0, 0.05) is 18.8 Å². The number of hydrogen-bond acceptors (Lipinski definition) is 4. The maximum absolute atomic E-state index is 12.3. The standard InChI is InChI=1S/C15H25N3OS/c1-4-9-16-14-13(7-6-10-17-14)15(19)18-12(3)8-11-20-5-2/h6-7,10,12H,4-5,8-9,11H2,1-3H3,(H,16,17)(H,18,19). The third-order valence-electron chi connectivity index (χ3n) is 2.87. The number of nitrogens with one attached hydrogen (secondary N) is 2. The fourth-order valence-electron chi connectivity index (χ4n) is 1.75. The first-order valence-electron chi connectivity index (χ1n) is 7.26. The number of nitrogens with zero attached hydrogens (tertiary/aromatic N) is 1. The van der Waals surface area contributed by atoms with Crippen LogP contribution in [0.3, 0.4) is 0 Å². The van der Waals surface area contributed by atoms with Crippen molar-refractivity contribution in [2.75, 3.05) is 23.4 Å². The summed E-state index contributed by atoms with van der Waals surface area (Å²) in [7, 11) is 0. The molecule has 5 heteroatoms. The van der Waals surface area contributed by atoms with Crippen molar-refractivity contribution in [1.29, 1.82) is 0 Å². The van der Waals surface area contributed by atoms with Gasteiger partial charge in [-0.15, -0.1) is 0 Å². The van der Waals surface area contributed by atoms with E-state index in [1.807, 2.05) is 24.8 Å². The molecule has 0 aliphatic carbocycles. The van der Waals surface area contributed by atoms with Gasteiger partial charge in [0.2, 0.25) is 0 Å². The average molecular weight is 295 g/mol. The van der Waals surface area contributed by atoms with Crippen molar-refractivity contribution in [3.05, 3.63) is 23.9 Å². The summed E-state index contributed by atoms with van der Waals surface area (Å²) in [6.45, 7) is 7.10. The Hall–Kier alpha value is -1.23. The first kappa shape index (κ1) is 16.8. The number of aromatic nitrogens is 1. The van der Waals surface area contributed by atoms with Gasteiger partial charge in [-0.2, -0.15) is 11.8 Å². The lowest BCUT2D eigenvalue weighted by Crippen LogP contribution is -2.33. The molecule has 1 unspecified atom stereocenters. The Kier molecular flexibility index (Phi) is 8.11. The molecule has 112 valence electrons. The molecule has 0 aliphatic heterocycles. The number of hydrogen-bond donors (Lipinski definition) is 2. The van der Waals surface area contributed by atoms with Gasteiger partial charge < -0.3 is 10.6 Å². The first-order chi connectivity index (χ1) is 9.69. The lowest BCUT2D eigenvalue weighted by atomic mass is 10.2. The molecule has 0 bridgehead atoms. The second-order valence-electron chi connectivity index (χ2n) is 4.69. The molecule has 0 radical (unpaired) electrons. The highest BCUT2D eigenvalue weighted by atomic mass is 32.2. The zero-order valence-corrected chi connectivity index (χ0v) is 13.4. The van der Waals surface area contributed by atoms with Gasteiger partial charge in [0.15, 0.2) is 0 Å². The molecule has 1 amide bonds. The van der Waals surface area contributed by atoms with E-state index < -0.39 is 0 Å². The predicted octanol–water partition coefficient (Wildman–Crippen LogP) is 3.17. The van der Waals surface area contributed by atoms with Gasteiger partial charge >= 0.3 is 0 Å². The SMILES string of the molecule is CCCNc1ncccc1C(=O)NC(C)CCSCC. The molecular formula is C15H25N3OS. The molecule has 0 saturated heterocycles. The summed E-state index contributed by atoms with van der Waals surface area (Å²) in [5, 5.41) is 6.23. The van der Waals surface area contributed by atoms with E-state index in [9.17, 15) is 4.79 Å². The number of carbonyl (C=O) groups excluding carboxylic acids is 1. The maximum Gasteiger partial charge on any atom is 0.255 e. The third kappa shape index (κ3) is 5.82. The molecule has 2 N–H and O–H groups in total. The summed E-state index contributed by atoms with van der Waals surface area (Å²) in [6.07, 6.45) is 3.70. The Morgan fingerprint density at radius 3 is 2.95 bits per heavy atom. The van der Waals surface area contributed by atoms with Gasteiger partial charge in [-0.3, -0.25) is 4.79 Å². The summed E-state index contributed by atoms with van der Waals surface area (Å²) < 4.78 is 0. The number of rotatable bonds is 9. The van der Waals surface area contributed by atoms with Crippen LogP contribution in [0.4, 0.5) is 5.82 Å². The van der Waals surface area contributed by atoms with Gasteiger partial charge in [-0.25, -0.2) is 4.98 Å². The molecule has 1 heterocycles. The molecule has 0 saturated carbocycles. The predicted molar refractivity (Wildman–Crippen MR) is 87.6 cm³/mol. The smallest absolute Gasteiger partial charge is 0.255 e. The average Bonchev–Trinajstić information content (AvgIpc) is 2.45. The van der Waals surface area contributed by atoms with Crippen LogP contribution in [-0.4, -0.2) is 35.0 Å². The maximum atomic E-state index is 12.3. The minimum Gasteiger partial charge on any atom is -0.369 e. The van der Waals surface area contributed by atoms with E-state index in [0.29, 0.717) is 11.4 Å². The van der Waals surface area contributed by atoms with E-state index >= 15 is 0 Å². The van der Waals surface area contributed by atoms with E-state index in [2.05, 4.69) is 29.5 Å². The van der Waals surface area contributed by atoms with E-state index in [1.54, 1.807) is 12.3 Å². The highest BCUT2D eigenvalue weighted by Gasteiger charge is 2.14. The van der Waals surface area contributed by atoms with Crippen LogP contribution in [0.25, 0.3) is 0 Å². The topological polar surface area (TPSA) is 54.0 Å². The van der Waals surface area contributed by atoms with E-state index in [1.165, 1.54) is 0 Å². The van der Waals surface area contributed by atoms with Crippen LogP contribution in [0.15, 0.2) is 18.3 Å². The second-order valence-corrected chi connectivity index (χ2v) is 6.08. The first-order valence-corrected chi connectivity index (χ1v) is 8.42. The number of thioether (sulfide) groups is 1. The number of carbonyl (C=O) groups is 1. The molecule has 0 fully saturated rings. The number of pyridine rings is 1. The highest BCUT2D eigenvalue weighted by molar-refractivity contribution is 7.99. The van der Waals surface area contributed by atoms with Gasteiger partial charge in [-0.05, 0) is 43.4 Å². The van der Waals surface area contributed by atoms with Gasteiger partial charge in [0.25, 0.3) is 5.91 Å². The molecule has 1 aromatic rings. The fraction of sp³-hybridized carbons (Fsp3) is 0.600. The van der Waals surface area contributed by atoms with Crippen LogP contribution in [-0.2, 0) is 0 Å². The van der Waals surface area contributed by atoms with Gasteiger partial charge in [0.05, 0.1) is 5.56 Å². The van der Waals surface area contributed by atoms with Crippen molar-refractivity contribution >= 4 is 23.5 Å². The van der Waals surface area contributed by atoms with Crippen LogP contribution >= 0.6 is 11.8 Å².